The molecule has 0 bridgehead atoms. The molecule has 0 aromatic heterocycles. The van der Waals surface area contributed by atoms with E-state index in [-0.39, 0.29) is 6.10 Å². The molecule has 0 spiro atoms. The SMILES string of the molecule is Fc1ccc(CNC2CCOC2C2CC2)c(F)c1. The summed E-state index contributed by atoms with van der Waals surface area (Å²) in [6.45, 7) is 1.22. The van der Waals surface area contributed by atoms with E-state index < -0.39 is 11.6 Å². The zero-order valence-electron chi connectivity index (χ0n) is 10.2. The maximum Gasteiger partial charge on any atom is 0.130 e. The molecule has 2 unspecified atom stereocenters. The van der Waals surface area contributed by atoms with Gasteiger partial charge in [-0.2, -0.15) is 0 Å². The molecule has 0 amide bonds. The summed E-state index contributed by atoms with van der Waals surface area (Å²) >= 11 is 0. The predicted molar refractivity (Wildman–Crippen MR) is 64.1 cm³/mol. The summed E-state index contributed by atoms with van der Waals surface area (Å²) in [6.07, 6.45) is 3.75. The summed E-state index contributed by atoms with van der Waals surface area (Å²) in [4.78, 5) is 0. The fourth-order valence-corrected chi connectivity index (χ4v) is 2.63. The molecule has 18 heavy (non-hydrogen) atoms. The van der Waals surface area contributed by atoms with E-state index in [1.807, 2.05) is 0 Å². The predicted octanol–water partition coefficient (Wildman–Crippen LogP) is 2.62. The summed E-state index contributed by atoms with van der Waals surface area (Å²) in [6, 6.07) is 4.03. The minimum absolute atomic E-state index is 0.286. The maximum atomic E-state index is 13.5. The smallest absolute Gasteiger partial charge is 0.130 e. The molecule has 0 radical (unpaired) electrons. The van der Waals surface area contributed by atoms with E-state index in [4.69, 9.17) is 4.74 Å². The van der Waals surface area contributed by atoms with Crippen LogP contribution in [-0.4, -0.2) is 18.8 Å². The average molecular weight is 253 g/mol. The van der Waals surface area contributed by atoms with Gasteiger partial charge in [0, 0.05) is 30.8 Å². The molecule has 3 rings (SSSR count). The number of ether oxygens (including phenoxy) is 1. The van der Waals surface area contributed by atoms with Crippen molar-refractivity contribution in [2.24, 2.45) is 5.92 Å². The molecule has 1 N–H and O–H groups in total. The third kappa shape index (κ3) is 2.54. The normalized spacial score (nSPS) is 27.7. The molecule has 2 nitrogen and oxygen atoms in total. The average Bonchev–Trinajstić information content (AvgIpc) is 3.08. The number of nitrogens with one attached hydrogen (secondary N) is 1. The van der Waals surface area contributed by atoms with Crippen LogP contribution in [-0.2, 0) is 11.3 Å². The van der Waals surface area contributed by atoms with E-state index in [1.165, 1.54) is 25.0 Å². The largest absolute Gasteiger partial charge is 0.376 e. The molecular formula is C14H17F2NO. The fourth-order valence-electron chi connectivity index (χ4n) is 2.63. The summed E-state index contributed by atoms with van der Waals surface area (Å²) < 4.78 is 32.0. The Bertz CT molecular complexity index is 434. The number of hydrogen-bond donors (Lipinski definition) is 1. The van der Waals surface area contributed by atoms with Crippen LogP contribution in [0.3, 0.4) is 0 Å². The Morgan fingerprint density at radius 2 is 2.06 bits per heavy atom. The van der Waals surface area contributed by atoms with Gasteiger partial charge in [-0.15, -0.1) is 0 Å². The maximum absolute atomic E-state index is 13.5. The van der Waals surface area contributed by atoms with Crippen LogP contribution >= 0.6 is 0 Å². The Kier molecular flexibility index (Phi) is 3.31. The van der Waals surface area contributed by atoms with Crippen LogP contribution in [0.4, 0.5) is 8.78 Å². The fraction of sp³-hybridized carbons (Fsp3) is 0.571. The van der Waals surface area contributed by atoms with Gasteiger partial charge in [0.05, 0.1) is 6.10 Å². The highest BCUT2D eigenvalue weighted by Crippen LogP contribution is 2.38. The molecule has 2 fully saturated rings. The molecule has 98 valence electrons. The van der Waals surface area contributed by atoms with E-state index in [9.17, 15) is 8.78 Å². The van der Waals surface area contributed by atoms with E-state index in [1.54, 1.807) is 0 Å². The monoisotopic (exact) mass is 253 g/mol. The Hall–Kier alpha value is -1.00. The van der Waals surface area contributed by atoms with Gasteiger partial charge in [-0.05, 0) is 31.2 Å². The van der Waals surface area contributed by atoms with Gasteiger partial charge in [0.2, 0.25) is 0 Å². The van der Waals surface area contributed by atoms with E-state index in [0.29, 0.717) is 24.1 Å². The van der Waals surface area contributed by atoms with Crippen molar-refractivity contribution >= 4 is 0 Å². The second-order valence-electron chi connectivity index (χ2n) is 5.18. The van der Waals surface area contributed by atoms with Crippen LogP contribution in [0.5, 0.6) is 0 Å². The molecule has 2 aliphatic rings. The van der Waals surface area contributed by atoms with E-state index in [2.05, 4.69) is 5.32 Å². The number of halogens is 2. The van der Waals surface area contributed by atoms with Crippen LogP contribution in [0.25, 0.3) is 0 Å². The summed E-state index contributed by atoms with van der Waals surface area (Å²) in [5.74, 6) is -0.330. The zero-order chi connectivity index (χ0) is 12.5. The van der Waals surface area contributed by atoms with Gasteiger partial charge in [0.15, 0.2) is 0 Å². The van der Waals surface area contributed by atoms with Crippen molar-refractivity contribution < 1.29 is 13.5 Å². The van der Waals surface area contributed by atoms with Gasteiger partial charge in [-0.1, -0.05) is 6.07 Å². The van der Waals surface area contributed by atoms with Crippen LogP contribution in [0.1, 0.15) is 24.8 Å². The Morgan fingerprint density at radius 3 is 2.78 bits per heavy atom. The second-order valence-corrected chi connectivity index (χ2v) is 5.18. The van der Waals surface area contributed by atoms with Gasteiger partial charge in [-0.25, -0.2) is 8.78 Å². The van der Waals surface area contributed by atoms with Gasteiger partial charge >= 0.3 is 0 Å². The number of hydrogen-bond acceptors (Lipinski definition) is 2. The summed E-state index contributed by atoms with van der Waals surface area (Å²) in [7, 11) is 0. The first-order chi connectivity index (χ1) is 8.74. The number of benzene rings is 1. The van der Waals surface area contributed by atoms with E-state index >= 15 is 0 Å². The first-order valence-corrected chi connectivity index (χ1v) is 6.53. The Morgan fingerprint density at radius 1 is 1.22 bits per heavy atom. The van der Waals surface area contributed by atoms with Crippen molar-refractivity contribution in [3.05, 3.63) is 35.4 Å². The highest BCUT2D eigenvalue weighted by atomic mass is 19.1. The van der Waals surface area contributed by atoms with Gasteiger partial charge in [0.1, 0.15) is 11.6 Å². The molecule has 1 aliphatic heterocycles. The summed E-state index contributed by atoms with van der Waals surface area (Å²) in [5, 5.41) is 3.34. The molecule has 1 aromatic rings. The third-order valence-electron chi connectivity index (χ3n) is 3.79. The van der Waals surface area contributed by atoms with Gasteiger partial charge < -0.3 is 10.1 Å². The van der Waals surface area contributed by atoms with Gasteiger partial charge in [0.25, 0.3) is 0 Å². The van der Waals surface area contributed by atoms with Crippen LogP contribution in [0.15, 0.2) is 18.2 Å². The second kappa shape index (κ2) is 4.94. The minimum atomic E-state index is -0.531. The molecule has 1 saturated heterocycles. The summed E-state index contributed by atoms with van der Waals surface area (Å²) in [5.41, 5.74) is 0.512. The molecule has 2 atom stereocenters. The Balaban J connectivity index is 1.60. The standard InChI is InChI=1S/C14H17F2NO/c15-11-4-3-10(12(16)7-11)8-17-13-5-6-18-14(13)9-1-2-9/h3-4,7,9,13-14,17H,1-2,5-6,8H2. The lowest BCUT2D eigenvalue weighted by molar-refractivity contribution is 0.0808. The lowest BCUT2D eigenvalue weighted by Gasteiger charge is -2.19. The van der Waals surface area contributed by atoms with Crippen molar-refractivity contribution in [1.29, 1.82) is 0 Å². The highest BCUT2D eigenvalue weighted by molar-refractivity contribution is 5.18. The minimum Gasteiger partial charge on any atom is -0.376 e. The first kappa shape index (κ1) is 12.1. The molecule has 1 aliphatic carbocycles. The van der Waals surface area contributed by atoms with Crippen molar-refractivity contribution in [3.63, 3.8) is 0 Å². The van der Waals surface area contributed by atoms with Gasteiger partial charge in [-0.3, -0.25) is 0 Å². The topological polar surface area (TPSA) is 21.3 Å². The van der Waals surface area contributed by atoms with Crippen LogP contribution < -0.4 is 5.32 Å². The van der Waals surface area contributed by atoms with Crippen molar-refractivity contribution in [2.45, 2.75) is 38.0 Å². The van der Waals surface area contributed by atoms with Crippen molar-refractivity contribution in [2.75, 3.05) is 6.61 Å². The zero-order valence-corrected chi connectivity index (χ0v) is 10.2. The molecular weight excluding hydrogens is 236 g/mol. The molecule has 1 saturated carbocycles. The number of rotatable bonds is 4. The van der Waals surface area contributed by atoms with Crippen molar-refractivity contribution in [1.82, 2.24) is 5.32 Å². The van der Waals surface area contributed by atoms with Crippen LogP contribution in [0.2, 0.25) is 0 Å². The highest BCUT2D eigenvalue weighted by Gasteiger charge is 2.40. The van der Waals surface area contributed by atoms with Crippen LogP contribution in [0, 0.1) is 17.6 Å². The van der Waals surface area contributed by atoms with E-state index in [0.717, 1.165) is 19.1 Å². The third-order valence-corrected chi connectivity index (χ3v) is 3.79. The quantitative estimate of drug-likeness (QED) is 0.890. The molecule has 1 heterocycles. The molecule has 1 aromatic carbocycles. The molecule has 4 heteroatoms. The Labute approximate surface area is 105 Å². The first-order valence-electron chi connectivity index (χ1n) is 6.53. The lowest BCUT2D eigenvalue weighted by Crippen LogP contribution is -2.37. The lowest BCUT2D eigenvalue weighted by atomic mass is 10.1. The van der Waals surface area contributed by atoms with Crippen molar-refractivity contribution in [3.8, 4) is 0 Å².